The van der Waals surface area contributed by atoms with Crippen LogP contribution in [0.1, 0.15) is 0 Å². The van der Waals surface area contributed by atoms with E-state index in [1.54, 1.807) is 72.8 Å². The van der Waals surface area contributed by atoms with Gasteiger partial charge in [-0.05, 0) is 10.8 Å². The van der Waals surface area contributed by atoms with Crippen molar-refractivity contribution in [2.75, 3.05) is 0 Å². The maximum Gasteiger partial charge on any atom is 0.195 e. The van der Waals surface area contributed by atoms with Crippen LogP contribution in [0.25, 0.3) is 53.9 Å². The fraction of sp³-hybridized carbons (Fsp3) is 0. The molecule has 0 fully saturated rings. The lowest BCUT2D eigenvalue weighted by Gasteiger charge is -2.10. The summed E-state index contributed by atoms with van der Waals surface area (Å²) in [5.41, 5.74) is -1.41. The van der Waals surface area contributed by atoms with E-state index in [2.05, 4.69) is 0 Å². The van der Waals surface area contributed by atoms with Gasteiger partial charge in [-0.15, -0.1) is 0 Å². The Morgan fingerprint density at radius 2 is 0.533 bits per heavy atom. The highest BCUT2D eigenvalue weighted by Crippen LogP contribution is 2.31. The summed E-state index contributed by atoms with van der Waals surface area (Å²) in [5.74, 6) is 0. The van der Waals surface area contributed by atoms with Crippen LogP contribution in [0, 0.1) is 0 Å². The van der Waals surface area contributed by atoms with Crippen molar-refractivity contribution in [1.82, 2.24) is 0 Å². The standard InChI is InChI=1S/C26H12O4/c27-23-15-9-3-5-11-17(15)25(29)21-19(23)13-7-1-2-8-14(13)20-22(21)26(30)18-12-6-4-10-16(18)24(20)28/h1-12H. The van der Waals surface area contributed by atoms with Crippen LogP contribution < -0.4 is 21.7 Å². The lowest BCUT2D eigenvalue weighted by Crippen LogP contribution is -2.19. The first-order valence-electron chi connectivity index (χ1n) is 9.55. The molecule has 0 saturated heterocycles. The molecule has 0 amide bonds. The van der Waals surface area contributed by atoms with Gasteiger partial charge < -0.3 is 0 Å². The van der Waals surface area contributed by atoms with Gasteiger partial charge in [0, 0.05) is 43.1 Å². The zero-order chi connectivity index (χ0) is 20.6. The van der Waals surface area contributed by atoms with Crippen molar-refractivity contribution < 1.29 is 0 Å². The quantitative estimate of drug-likeness (QED) is 0.293. The van der Waals surface area contributed by atoms with Crippen molar-refractivity contribution in [1.29, 1.82) is 0 Å². The molecule has 6 aromatic rings. The summed E-state index contributed by atoms with van der Waals surface area (Å²) in [7, 11) is 0. The third-order valence-corrected chi connectivity index (χ3v) is 5.96. The molecule has 0 unspecified atom stereocenters. The SMILES string of the molecule is O=c1c2ccccc2c(=O)c2c1c1ccccc1c1c(=O)c3ccccc3c(=O)c12. The van der Waals surface area contributed by atoms with Gasteiger partial charge in [0.25, 0.3) is 0 Å². The molecular formula is C26H12O4. The van der Waals surface area contributed by atoms with E-state index in [0.29, 0.717) is 21.5 Å². The van der Waals surface area contributed by atoms with Crippen LogP contribution >= 0.6 is 0 Å². The Balaban J connectivity index is 2.18. The zero-order valence-electron chi connectivity index (χ0n) is 15.6. The van der Waals surface area contributed by atoms with E-state index >= 15 is 0 Å². The van der Waals surface area contributed by atoms with Crippen molar-refractivity contribution in [3.8, 4) is 0 Å². The van der Waals surface area contributed by atoms with Gasteiger partial charge in [-0.25, -0.2) is 0 Å². The van der Waals surface area contributed by atoms with E-state index in [-0.39, 0.29) is 43.2 Å². The molecule has 0 aliphatic heterocycles. The third kappa shape index (κ3) is 1.90. The van der Waals surface area contributed by atoms with Crippen LogP contribution in [0.5, 0.6) is 0 Å². The monoisotopic (exact) mass is 388 g/mol. The second-order valence-corrected chi connectivity index (χ2v) is 7.45. The molecule has 0 spiro atoms. The molecular weight excluding hydrogens is 376 g/mol. The van der Waals surface area contributed by atoms with Crippen molar-refractivity contribution in [2.45, 2.75) is 0 Å². The van der Waals surface area contributed by atoms with Crippen LogP contribution in [-0.4, -0.2) is 0 Å². The van der Waals surface area contributed by atoms with E-state index in [1.165, 1.54) is 0 Å². The Bertz CT molecular complexity index is 1780. The van der Waals surface area contributed by atoms with Crippen molar-refractivity contribution in [2.24, 2.45) is 0 Å². The summed E-state index contributed by atoms with van der Waals surface area (Å²) < 4.78 is 0. The molecule has 4 heteroatoms. The van der Waals surface area contributed by atoms with Crippen LogP contribution in [-0.2, 0) is 0 Å². The lowest BCUT2D eigenvalue weighted by molar-refractivity contribution is 1.66. The van der Waals surface area contributed by atoms with E-state index in [1.807, 2.05) is 0 Å². The number of hydrogen-bond acceptors (Lipinski definition) is 4. The number of hydrogen-bond donors (Lipinski definition) is 0. The van der Waals surface area contributed by atoms with Gasteiger partial charge in [0.1, 0.15) is 0 Å². The molecule has 0 saturated carbocycles. The summed E-state index contributed by atoms with van der Waals surface area (Å²) in [4.78, 5) is 53.9. The molecule has 30 heavy (non-hydrogen) atoms. The predicted octanol–water partition coefficient (Wildman–Crippen LogP) is 3.77. The highest BCUT2D eigenvalue weighted by molar-refractivity contribution is 6.28. The Hall–Kier alpha value is -4.18. The average molecular weight is 388 g/mol. The van der Waals surface area contributed by atoms with Crippen molar-refractivity contribution in [3.05, 3.63) is 114 Å². The highest BCUT2D eigenvalue weighted by atomic mass is 16.1. The Morgan fingerprint density at radius 3 is 0.833 bits per heavy atom. The smallest absolute Gasteiger partial charge is 0.195 e. The molecule has 0 N–H and O–H groups in total. The summed E-state index contributed by atoms with van der Waals surface area (Å²) in [6, 6.07) is 20.2. The highest BCUT2D eigenvalue weighted by Gasteiger charge is 2.22. The molecule has 0 heterocycles. The minimum absolute atomic E-state index is 0.0419. The predicted molar refractivity (Wildman–Crippen MR) is 121 cm³/mol. The average Bonchev–Trinajstić information content (AvgIpc) is 2.79. The maximum absolute atomic E-state index is 13.5. The van der Waals surface area contributed by atoms with Crippen LogP contribution in [0.2, 0.25) is 0 Å². The largest absolute Gasteiger partial charge is 0.289 e. The second kappa shape index (κ2) is 5.67. The lowest BCUT2D eigenvalue weighted by atomic mass is 9.89. The molecule has 4 nitrogen and oxygen atoms in total. The van der Waals surface area contributed by atoms with E-state index in [0.717, 1.165) is 0 Å². The van der Waals surface area contributed by atoms with Crippen LogP contribution in [0.15, 0.2) is 92.0 Å². The fourth-order valence-electron chi connectivity index (χ4n) is 4.66. The van der Waals surface area contributed by atoms with E-state index in [9.17, 15) is 19.2 Å². The van der Waals surface area contributed by atoms with Gasteiger partial charge in [0.2, 0.25) is 0 Å². The molecule has 0 atom stereocenters. The first kappa shape index (κ1) is 16.7. The Kier molecular flexibility index (Phi) is 3.17. The minimum atomic E-state index is -0.400. The first-order chi connectivity index (χ1) is 14.6. The molecule has 0 aliphatic rings. The Morgan fingerprint density at radius 1 is 0.300 bits per heavy atom. The summed E-state index contributed by atoms with van der Waals surface area (Å²) in [6.45, 7) is 0. The fourth-order valence-corrected chi connectivity index (χ4v) is 4.66. The zero-order valence-corrected chi connectivity index (χ0v) is 15.6. The number of rotatable bonds is 0. The van der Waals surface area contributed by atoms with Crippen molar-refractivity contribution in [3.63, 3.8) is 0 Å². The Labute approximate surface area is 167 Å². The first-order valence-corrected chi connectivity index (χ1v) is 9.55. The maximum atomic E-state index is 13.5. The second-order valence-electron chi connectivity index (χ2n) is 7.45. The topological polar surface area (TPSA) is 68.3 Å². The molecule has 0 bridgehead atoms. The summed E-state index contributed by atoms with van der Waals surface area (Å²) >= 11 is 0. The number of benzene rings is 6. The van der Waals surface area contributed by atoms with Gasteiger partial charge in [0.15, 0.2) is 21.7 Å². The van der Waals surface area contributed by atoms with Gasteiger partial charge >= 0.3 is 0 Å². The van der Waals surface area contributed by atoms with Crippen molar-refractivity contribution >= 4 is 53.9 Å². The van der Waals surface area contributed by atoms with Gasteiger partial charge in [0.05, 0.1) is 0 Å². The summed E-state index contributed by atoms with van der Waals surface area (Å²) in [5, 5.41) is 2.66. The summed E-state index contributed by atoms with van der Waals surface area (Å²) in [6.07, 6.45) is 0. The molecule has 140 valence electrons. The van der Waals surface area contributed by atoms with Gasteiger partial charge in [-0.1, -0.05) is 72.8 Å². The van der Waals surface area contributed by atoms with Gasteiger partial charge in [-0.2, -0.15) is 0 Å². The molecule has 0 aromatic heterocycles. The van der Waals surface area contributed by atoms with Crippen LogP contribution in [0.4, 0.5) is 0 Å². The third-order valence-electron chi connectivity index (χ3n) is 5.96. The molecule has 0 aliphatic carbocycles. The molecule has 0 radical (unpaired) electrons. The number of fused-ring (bicyclic) bond motifs is 8. The normalized spacial score (nSPS) is 11.9. The van der Waals surface area contributed by atoms with E-state index in [4.69, 9.17) is 0 Å². The molecule has 6 aromatic carbocycles. The molecule has 6 rings (SSSR count). The van der Waals surface area contributed by atoms with Crippen LogP contribution in [0.3, 0.4) is 0 Å². The van der Waals surface area contributed by atoms with E-state index < -0.39 is 10.9 Å². The van der Waals surface area contributed by atoms with Gasteiger partial charge in [-0.3, -0.25) is 19.2 Å². The minimum Gasteiger partial charge on any atom is -0.289 e.